The molecule has 0 fully saturated rings. The molecule has 5 heteroatoms. The lowest BCUT2D eigenvalue weighted by Gasteiger charge is -2.03. The molecule has 0 aliphatic carbocycles. The van der Waals surface area contributed by atoms with Crippen LogP contribution in [0.15, 0.2) is 47.9 Å². The average molecular weight is 302 g/mol. The lowest BCUT2D eigenvalue weighted by atomic mass is 10.1. The first-order chi connectivity index (χ1) is 10.2. The van der Waals surface area contributed by atoms with Crippen LogP contribution in [0.1, 0.15) is 15.2 Å². The molecule has 1 aromatic heterocycles. The summed E-state index contributed by atoms with van der Waals surface area (Å²) in [4.78, 5) is 24.3. The number of carbonyl (C=O) groups is 2. The van der Waals surface area contributed by atoms with Gasteiger partial charge in [0.15, 0.2) is 12.4 Å². The lowest BCUT2D eigenvalue weighted by molar-refractivity contribution is -0.136. The second-order valence-corrected chi connectivity index (χ2v) is 5.09. The van der Waals surface area contributed by atoms with Gasteiger partial charge in [0.2, 0.25) is 0 Å². The number of benzene rings is 1. The number of rotatable bonds is 6. The van der Waals surface area contributed by atoms with Crippen molar-refractivity contribution in [2.45, 2.75) is 0 Å². The molecule has 1 heterocycles. The molecule has 0 aliphatic rings. The summed E-state index contributed by atoms with van der Waals surface area (Å²) in [6.45, 7) is -0.278. The molecule has 2 aromatic rings. The minimum atomic E-state index is -0.537. The van der Waals surface area contributed by atoms with Crippen LogP contribution in [0.5, 0.6) is 5.75 Å². The molecule has 21 heavy (non-hydrogen) atoms. The van der Waals surface area contributed by atoms with E-state index in [1.54, 1.807) is 37.5 Å². The fourth-order valence-electron chi connectivity index (χ4n) is 1.58. The molecule has 108 valence electrons. The third kappa shape index (κ3) is 4.57. The summed E-state index contributed by atoms with van der Waals surface area (Å²) in [6.07, 6.45) is 2.97. The molecular formula is C16H14O4S. The SMILES string of the molecule is COc1ccc(C(=O)COC(=O)C=Cc2cccs2)cc1. The van der Waals surface area contributed by atoms with E-state index in [0.717, 1.165) is 4.88 Å². The number of thiophene rings is 1. The Bertz CT molecular complexity index is 627. The van der Waals surface area contributed by atoms with Crippen LogP contribution in [0.25, 0.3) is 6.08 Å². The highest BCUT2D eigenvalue weighted by atomic mass is 32.1. The minimum Gasteiger partial charge on any atom is -0.497 e. The standard InChI is InChI=1S/C16H14O4S/c1-19-13-6-4-12(5-7-13)15(17)11-20-16(18)9-8-14-3-2-10-21-14/h2-10H,11H2,1H3. The van der Waals surface area contributed by atoms with Gasteiger partial charge in [0.25, 0.3) is 0 Å². The van der Waals surface area contributed by atoms with Gasteiger partial charge in [-0.15, -0.1) is 11.3 Å². The maximum absolute atomic E-state index is 11.8. The first kappa shape index (κ1) is 15.0. The Balaban J connectivity index is 1.84. The quantitative estimate of drug-likeness (QED) is 0.467. The largest absolute Gasteiger partial charge is 0.497 e. The van der Waals surface area contributed by atoms with Crippen LogP contribution in [-0.2, 0) is 9.53 Å². The van der Waals surface area contributed by atoms with Crippen LogP contribution in [0.2, 0.25) is 0 Å². The zero-order valence-electron chi connectivity index (χ0n) is 11.4. The normalized spacial score (nSPS) is 10.5. The van der Waals surface area contributed by atoms with Crippen LogP contribution in [0.3, 0.4) is 0 Å². The lowest BCUT2D eigenvalue weighted by Crippen LogP contribution is -2.12. The number of methoxy groups -OCH3 is 1. The first-order valence-corrected chi connectivity index (χ1v) is 7.12. The van der Waals surface area contributed by atoms with E-state index in [1.165, 1.54) is 17.4 Å². The highest BCUT2D eigenvalue weighted by Crippen LogP contribution is 2.12. The Labute approximate surface area is 126 Å². The van der Waals surface area contributed by atoms with Crippen LogP contribution in [0, 0.1) is 0 Å². The van der Waals surface area contributed by atoms with Gasteiger partial charge in [-0.2, -0.15) is 0 Å². The van der Waals surface area contributed by atoms with Gasteiger partial charge < -0.3 is 9.47 Å². The van der Waals surface area contributed by atoms with Crippen molar-refractivity contribution in [2.75, 3.05) is 13.7 Å². The van der Waals surface area contributed by atoms with E-state index in [-0.39, 0.29) is 12.4 Å². The molecule has 0 saturated carbocycles. The molecule has 0 atom stereocenters. The Hall–Kier alpha value is -2.40. The molecule has 0 aliphatic heterocycles. The molecule has 0 amide bonds. The van der Waals surface area contributed by atoms with Gasteiger partial charge in [0.1, 0.15) is 5.75 Å². The summed E-state index contributed by atoms with van der Waals surface area (Å²) in [7, 11) is 1.55. The number of ketones is 1. The van der Waals surface area contributed by atoms with E-state index >= 15 is 0 Å². The van der Waals surface area contributed by atoms with Crippen molar-refractivity contribution in [3.63, 3.8) is 0 Å². The number of Topliss-reactive ketones (excluding diaryl/α,β-unsaturated/α-hetero) is 1. The Morgan fingerprint density at radius 3 is 2.57 bits per heavy atom. The van der Waals surface area contributed by atoms with Crippen molar-refractivity contribution in [3.05, 3.63) is 58.3 Å². The van der Waals surface area contributed by atoms with Gasteiger partial charge in [0.05, 0.1) is 7.11 Å². The molecule has 0 spiro atoms. The minimum absolute atomic E-state index is 0.254. The van der Waals surface area contributed by atoms with Gasteiger partial charge in [-0.1, -0.05) is 6.07 Å². The van der Waals surface area contributed by atoms with Gasteiger partial charge in [-0.25, -0.2) is 4.79 Å². The Kier molecular flexibility index (Phi) is 5.29. The molecule has 0 bridgehead atoms. The van der Waals surface area contributed by atoms with Crippen LogP contribution >= 0.6 is 11.3 Å². The number of ether oxygens (including phenoxy) is 2. The number of carbonyl (C=O) groups excluding carboxylic acids is 2. The zero-order chi connectivity index (χ0) is 15.1. The fraction of sp³-hybridized carbons (Fsp3) is 0.125. The summed E-state index contributed by atoms with van der Waals surface area (Å²) >= 11 is 1.52. The van der Waals surface area contributed by atoms with E-state index < -0.39 is 5.97 Å². The van der Waals surface area contributed by atoms with Gasteiger partial charge in [0, 0.05) is 16.5 Å². The second-order valence-electron chi connectivity index (χ2n) is 4.11. The predicted octanol–water partition coefficient (Wildman–Crippen LogP) is 3.20. The Morgan fingerprint density at radius 2 is 1.95 bits per heavy atom. The number of hydrogen-bond donors (Lipinski definition) is 0. The maximum atomic E-state index is 11.8. The van der Waals surface area contributed by atoms with Crippen LogP contribution < -0.4 is 4.74 Å². The monoisotopic (exact) mass is 302 g/mol. The van der Waals surface area contributed by atoms with Gasteiger partial charge in [-0.3, -0.25) is 4.79 Å². The van der Waals surface area contributed by atoms with Crippen molar-refractivity contribution >= 4 is 29.2 Å². The summed E-state index contributed by atoms with van der Waals surface area (Å²) in [6, 6.07) is 10.4. The fourth-order valence-corrected chi connectivity index (χ4v) is 2.20. The predicted molar refractivity (Wildman–Crippen MR) is 81.6 cm³/mol. The van der Waals surface area contributed by atoms with E-state index in [9.17, 15) is 9.59 Å². The average Bonchev–Trinajstić information content (AvgIpc) is 3.04. The van der Waals surface area contributed by atoms with Crippen LogP contribution in [-0.4, -0.2) is 25.5 Å². The second kappa shape index (κ2) is 7.40. The van der Waals surface area contributed by atoms with Crippen molar-refractivity contribution in [2.24, 2.45) is 0 Å². The zero-order valence-corrected chi connectivity index (χ0v) is 12.3. The van der Waals surface area contributed by atoms with Crippen molar-refractivity contribution < 1.29 is 19.1 Å². The third-order valence-corrected chi connectivity index (χ3v) is 3.52. The van der Waals surface area contributed by atoms with E-state index in [4.69, 9.17) is 9.47 Å². The van der Waals surface area contributed by atoms with E-state index in [1.807, 2.05) is 17.5 Å². The van der Waals surface area contributed by atoms with E-state index in [2.05, 4.69) is 0 Å². The molecule has 0 unspecified atom stereocenters. The van der Waals surface area contributed by atoms with Gasteiger partial charge >= 0.3 is 5.97 Å². The van der Waals surface area contributed by atoms with Crippen LogP contribution in [0.4, 0.5) is 0 Å². The first-order valence-electron chi connectivity index (χ1n) is 6.24. The molecule has 0 N–H and O–H groups in total. The summed E-state index contributed by atoms with van der Waals surface area (Å²) in [5, 5.41) is 1.91. The summed E-state index contributed by atoms with van der Waals surface area (Å²) in [5.74, 6) is -0.122. The highest BCUT2D eigenvalue weighted by molar-refractivity contribution is 7.10. The van der Waals surface area contributed by atoms with E-state index in [0.29, 0.717) is 11.3 Å². The van der Waals surface area contributed by atoms with Crippen molar-refractivity contribution in [3.8, 4) is 5.75 Å². The smallest absolute Gasteiger partial charge is 0.331 e. The van der Waals surface area contributed by atoms with Crippen molar-refractivity contribution in [1.29, 1.82) is 0 Å². The molecule has 2 rings (SSSR count). The number of esters is 1. The topological polar surface area (TPSA) is 52.6 Å². The molecule has 4 nitrogen and oxygen atoms in total. The maximum Gasteiger partial charge on any atom is 0.331 e. The number of hydrogen-bond acceptors (Lipinski definition) is 5. The molecule has 0 radical (unpaired) electrons. The van der Waals surface area contributed by atoms with Gasteiger partial charge in [-0.05, 0) is 41.8 Å². The molecular weight excluding hydrogens is 288 g/mol. The van der Waals surface area contributed by atoms with Crippen molar-refractivity contribution in [1.82, 2.24) is 0 Å². The third-order valence-electron chi connectivity index (χ3n) is 2.68. The molecule has 1 aromatic carbocycles. The highest BCUT2D eigenvalue weighted by Gasteiger charge is 2.08. The summed E-state index contributed by atoms with van der Waals surface area (Å²) in [5.41, 5.74) is 0.478. The molecule has 0 saturated heterocycles. The Morgan fingerprint density at radius 1 is 1.19 bits per heavy atom. The summed E-state index contributed by atoms with van der Waals surface area (Å²) < 4.78 is 9.92.